The van der Waals surface area contributed by atoms with Crippen LogP contribution in [-0.4, -0.2) is 48.2 Å². The number of benzene rings is 3. The van der Waals surface area contributed by atoms with Gasteiger partial charge in [0.1, 0.15) is 12.4 Å². The molecule has 9 heteroatoms. The van der Waals surface area contributed by atoms with Gasteiger partial charge in [-0.1, -0.05) is 29.8 Å². The van der Waals surface area contributed by atoms with E-state index in [9.17, 15) is 13.2 Å². The summed E-state index contributed by atoms with van der Waals surface area (Å²) in [5.74, 6) is 0.174. The Hall–Kier alpha value is -3.49. The summed E-state index contributed by atoms with van der Waals surface area (Å²) in [5, 5.41) is 4.71. The van der Waals surface area contributed by atoms with Crippen LogP contribution in [0.3, 0.4) is 0 Å². The van der Waals surface area contributed by atoms with Crippen LogP contribution in [0.5, 0.6) is 5.75 Å². The maximum atomic E-state index is 13.8. The Bertz CT molecular complexity index is 1480. The normalized spacial score (nSPS) is 18.2. The molecule has 1 fully saturated rings. The van der Waals surface area contributed by atoms with Crippen molar-refractivity contribution in [2.75, 3.05) is 36.5 Å². The predicted octanol–water partition coefficient (Wildman–Crippen LogP) is 7.94. The lowest BCUT2D eigenvalue weighted by Crippen LogP contribution is -2.57. The van der Waals surface area contributed by atoms with E-state index >= 15 is 0 Å². The number of hydrogen-bond donors (Lipinski definition) is 1. The minimum absolute atomic E-state index is 0.174. The van der Waals surface area contributed by atoms with E-state index in [4.69, 9.17) is 16.3 Å². The molecule has 0 amide bonds. The number of anilines is 3. The highest BCUT2D eigenvalue weighted by atomic mass is 35.5. The number of para-hydroxylation sites is 1. The van der Waals surface area contributed by atoms with E-state index in [-0.39, 0.29) is 24.4 Å². The average molecular weight is 569 g/mol. The van der Waals surface area contributed by atoms with Crippen molar-refractivity contribution in [2.45, 2.75) is 39.0 Å². The van der Waals surface area contributed by atoms with Gasteiger partial charge in [-0.3, -0.25) is 9.88 Å². The van der Waals surface area contributed by atoms with Gasteiger partial charge in [0, 0.05) is 70.9 Å². The van der Waals surface area contributed by atoms with Crippen LogP contribution in [0.2, 0.25) is 5.02 Å². The number of nitrogens with zero attached hydrogens (tertiary/aromatic N) is 3. The highest BCUT2D eigenvalue weighted by molar-refractivity contribution is 6.30. The third-order valence-corrected chi connectivity index (χ3v) is 7.53. The van der Waals surface area contributed by atoms with Gasteiger partial charge in [-0.15, -0.1) is 0 Å². The van der Waals surface area contributed by atoms with Crippen LogP contribution in [0.25, 0.3) is 10.9 Å². The highest BCUT2D eigenvalue weighted by Crippen LogP contribution is 2.36. The Kier molecular flexibility index (Phi) is 8.10. The molecule has 40 heavy (non-hydrogen) atoms. The summed E-state index contributed by atoms with van der Waals surface area (Å²) in [4.78, 5) is 9.19. The van der Waals surface area contributed by atoms with Gasteiger partial charge in [-0.05, 0) is 69.3 Å². The molecule has 0 unspecified atom stereocenters. The fraction of sp³-hybridized carbons (Fsp3) is 0.323. The molecule has 210 valence electrons. The van der Waals surface area contributed by atoms with Gasteiger partial charge < -0.3 is 15.0 Å². The topological polar surface area (TPSA) is 40.6 Å². The molecule has 4 aromatic rings. The second-order valence-electron chi connectivity index (χ2n) is 10.4. The summed E-state index contributed by atoms with van der Waals surface area (Å²) in [6.45, 7) is 8.71. The lowest BCUT2D eigenvalue weighted by Gasteiger charge is -2.45. The van der Waals surface area contributed by atoms with Crippen LogP contribution < -0.4 is 15.0 Å². The number of nitrogens with one attached hydrogen (secondary N) is 1. The number of piperazine rings is 1. The summed E-state index contributed by atoms with van der Waals surface area (Å²) in [6, 6.07) is 21.5. The number of pyridine rings is 1. The number of ether oxygens (including phenoxy) is 1. The number of alkyl halides is 3. The van der Waals surface area contributed by atoms with Gasteiger partial charge in [-0.2, -0.15) is 13.2 Å². The quantitative estimate of drug-likeness (QED) is 0.245. The lowest BCUT2D eigenvalue weighted by molar-refractivity contribution is -0.137. The van der Waals surface area contributed by atoms with Crippen LogP contribution >= 0.6 is 11.6 Å². The standard InChI is InChI=1S/C31H32ClF3N4O/c1-20-14-30(28-6-4-5-7-29(28)36-20)37-25-15-23(31(33,34)35)16-27(17-25)40-13-12-38-18-22(3)39(19-21(38)2)26-10-8-24(32)9-11-26/h4-11,14-17,21-22H,12-13,18-19H2,1-3H3,(H,36,37)/t21-,22-/m0/s1. The van der Waals surface area contributed by atoms with E-state index in [0.29, 0.717) is 22.9 Å². The molecule has 5 nitrogen and oxygen atoms in total. The molecule has 1 aromatic heterocycles. The van der Waals surface area contributed by atoms with Gasteiger partial charge in [0.15, 0.2) is 0 Å². The molecule has 3 aromatic carbocycles. The number of halogens is 4. The molecule has 0 aliphatic carbocycles. The van der Waals surface area contributed by atoms with E-state index in [0.717, 1.165) is 47.5 Å². The van der Waals surface area contributed by atoms with Crippen LogP contribution in [0.4, 0.5) is 30.2 Å². The molecule has 2 heterocycles. The number of rotatable bonds is 7. The molecule has 0 bridgehead atoms. The molecule has 0 radical (unpaired) electrons. The Balaban J connectivity index is 1.28. The Labute approximate surface area is 237 Å². The SMILES string of the molecule is Cc1cc(Nc2cc(OCCN3C[C@H](C)N(c4ccc(Cl)cc4)C[C@@H]3C)cc(C(F)(F)F)c2)c2ccccc2n1. The first-order valence-electron chi connectivity index (χ1n) is 13.3. The van der Waals surface area contributed by atoms with Crippen molar-refractivity contribution in [1.29, 1.82) is 0 Å². The van der Waals surface area contributed by atoms with Gasteiger partial charge in [-0.25, -0.2) is 0 Å². The Morgan fingerprint density at radius 3 is 2.48 bits per heavy atom. The fourth-order valence-electron chi connectivity index (χ4n) is 5.27. The van der Waals surface area contributed by atoms with E-state index in [1.54, 1.807) is 6.07 Å². The lowest BCUT2D eigenvalue weighted by atomic mass is 10.1. The van der Waals surface area contributed by atoms with E-state index in [1.165, 1.54) is 0 Å². The van der Waals surface area contributed by atoms with Crippen LogP contribution in [0.15, 0.2) is 72.8 Å². The third-order valence-electron chi connectivity index (χ3n) is 7.28. The molecule has 1 saturated heterocycles. The molecule has 2 atom stereocenters. The van der Waals surface area contributed by atoms with Crippen LogP contribution in [-0.2, 0) is 6.18 Å². The van der Waals surface area contributed by atoms with Gasteiger partial charge in [0.25, 0.3) is 0 Å². The van der Waals surface area contributed by atoms with E-state index in [1.807, 2.05) is 61.5 Å². The zero-order chi connectivity index (χ0) is 28.4. The van der Waals surface area contributed by atoms with Crippen molar-refractivity contribution in [1.82, 2.24) is 9.88 Å². The number of aryl methyl sites for hydroxylation is 1. The minimum atomic E-state index is -4.51. The Morgan fingerprint density at radius 2 is 1.73 bits per heavy atom. The second-order valence-corrected chi connectivity index (χ2v) is 10.8. The molecule has 1 aliphatic rings. The number of fused-ring (bicyclic) bond motifs is 1. The molecule has 0 spiro atoms. The van der Waals surface area contributed by atoms with Crippen molar-refractivity contribution in [3.05, 3.63) is 89.1 Å². The van der Waals surface area contributed by atoms with Crippen molar-refractivity contribution in [3.8, 4) is 5.75 Å². The molecule has 1 aliphatic heterocycles. The van der Waals surface area contributed by atoms with Gasteiger partial charge >= 0.3 is 6.18 Å². The van der Waals surface area contributed by atoms with Gasteiger partial charge in [0.05, 0.1) is 11.1 Å². The zero-order valence-electron chi connectivity index (χ0n) is 22.7. The van der Waals surface area contributed by atoms with Crippen molar-refractivity contribution < 1.29 is 17.9 Å². The van der Waals surface area contributed by atoms with Gasteiger partial charge in [0.2, 0.25) is 0 Å². The van der Waals surface area contributed by atoms with Crippen molar-refractivity contribution in [3.63, 3.8) is 0 Å². The van der Waals surface area contributed by atoms with Crippen molar-refractivity contribution in [2.24, 2.45) is 0 Å². The minimum Gasteiger partial charge on any atom is -0.492 e. The number of aromatic nitrogens is 1. The smallest absolute Gasteiger partial charge is 0.416 e. The second kappa shape index (κ2) is 11.6. The first-order valence-corrected chi connectivity index (χ1v) is 13.7. The monoisotopic (exact) mass is 568 g/mol. The maximum Gasteiger partial charge on any atom is 0.416 e. The fourth-order valence-corrected chi connectivity index (χ4v) is 5.39. The molecule has 1 N–H and O–H groups in total. The maximum absolute atomic E-state index is 13.8. The summed E-state index contributed by atoms with van der Waals surface area (Å²) in [7, 11) is 0. The van der Waals surface area contributed by atoms with Crippen LogP contribution in [0, 0.1) is 6.92 Å². The predicted molar refractivity (Wildman–Crippen MR) is 156 cm³/mol. The molecule has 0 saturated carbocycles. The highest BCUT2D eigenvalue weighted by Gasteiger charge is 2.32. The summed E-state index contributed by atoms with van der Waals surface area (Å²) in [5.41, 5.74) is 2.90. The zero-order valence-corrected chi connectivity index (χ0v) is 23.4. The van der Waals surface area contributed by atoms with E-state index in [2.05, 4.69) is 33.9 Å². The molecular weight excluding hydrogens is 537 g/mol. The average Bonchev–Trinajstić information content (AvgIpc) is 2.90. The number of hydrogen-bond acceptors (Lipinski definition) is 5. The first-order chi connectivity index (χ1) is 19.1. The Morgan fingerprint density at radius 1 is 0.975 bits per heavy atom. The molecular formula is C31H32ClF3N4O. The van der Waals surface area contributed by atoms with Crippen LogP contribution in [0.1, 0.15) is 25.1 Å². The van der Waals surface area contributed by atoms with E-state index < -0.39 is 11.7 Å². The largest absolute Gasteiger partial charge is 0.492 e. The summed E-state index contributed by atoms with van der Waals surface area (Å²) in [6.07, 6.45) is -4.51. The van der Waals surface area contributed by atoms with Crippen molar-refractivity contribution >= 4 is 39.6 Å². The summed E-state index contributed by atoms with van der Waals surface area (Å²) < 4.78 is 47.3. The summed E-state index contributed by atoms with van der Waals surface area (Å²) >= 11 is 6.05. The first kappa shape index (κ1) is 28.1. The molecule has 5 rings (SSSR count). The third kappa shape index (κ3) is 6.45.